The second-order valence-electron chi connectivity index (χ2n) is 2.18. The van der Waals surface area contributed by atoms with Crippen molar-refractivity contribution in [1.29, 1.82) is 0 Å². The van der Waals surface area contributed by atoms with E-state index in [2.05, 4.69) is 4.98 Å². The molecule has 0 aliphatic carbocycles. The van der Waals surface area contributed by atoms with Crippen molar-refractivity contribution in [2.45, 2.75) is 6.92 Å². The standard InChI is InChI=1S/C8H7NO2/c1-6-8(5-11)2-7(4-10)3-9-6/h2-5H,1H3. The predicted molar refractivity (Wildman–Crippen MR) is 39.7 cm³/mol. The number of carbonyl (C=O) groups excluding carboxylic acids is 2. The van der Waals surface area contributed by atoms with Gasteiger partial charge in [0.25, 0.3) is 0 Å². The highest BCUT2D eigenvalue weighted by atomic mass is 16.1. The molecule has 0 spiro atoms. The molecule has 3 nitrogen and oxygen atoms in total. The number of hydrogen-bond acceptors (Lipinski definition) is 3. The molecule has 0 saturated heterocycles. The molecule has 0 aromatic carbocycles. The van der Waals surface area contributed by atoms with E-state index in [0.717, 1.165) is 0 Å². The highest BCUT2D eigenvalue weighted by Gasteiger charge is 1.98. The average molecular weight is 149 g/mol. The molecule has 0 bridgehead atoms. The van der Waals surface area contributed by atoms with Gasteiger partial charge in [-0.3, -0.25) is 14.6 Å². The van der Waals surface area contributed by atoms with E-state index in [-0.39, 0.29) is 0 Å². The Morgan fingerprint density at radius 2 is 2.09 bits per heavy atom. The minimum Gasteiger partial charge on any atom is -0.298 e. The van der Waals surface area contributed by atoms with Crippen LogP contribution >= 0.6 is 0 Å². The first-order valence-corrected chi connectivity index (χ1v) is 3.15. The Labute approximate surface area is 64.1 Å². The summed E-state index contributed by atoms with van der Waals surface area (Å²) < 4.78 is 0. The third kappa shape index (κ3) is 1.49. The van der Waals surface area contributed by atoms with Gasteiger partial charge in [-0.25, -0.2) is 0 Å². The van der Waals surface area contributed by atoms with Crippen molar-refractivity contribution in [1.82, 2.24) is 4.98 Å². The van der Waals surface area contributed by atoms with Crippen LogP contribution in [-0.4, -0.2) is 17.6 Å². The molecule has 1 rings (SSSR count). The molecular formula is C8H7NO2. The molecular weight excluding hydrogens is 142 g/mol. The zero-order valence-electron chi connectivity index (χ0n) is 6.07. The van der Waals surface area contributed by atoms with Crippen molar-refractivity contribution >= 4 is 12.6 Å². The lowest BCUT2D eigenvalue weighted by molar-refractivity contribution is 0.112. The maximum atomic E-state index is 10.3. The summed E-state index contributed by atoms with van der Waals surface area (Å²) >= 11 is 0. The van der Waals surface area contributed by atoms with E-state index in [1.54, 1.807) is 6.92 Å². The maximum absolute atomic E-state index is 10.3. The number of carbonyl (C=O) groups is 2. The van der Waals surface area contributed by atoms with E-state index < -0.39 is 0 Å². The first-order chi connectivity index (χ1) is 5.27. The molecule has 0 aliphatic rings. The number of aryl methyl sites for hydroxylation is 1. The van der Waals surface area contributed by atoms with Gasteiger partial charge in [0.2, 0.25) is 0 Å². The van der Waals surface area contributed by atoms with Crippen molar-refractivity contribution in [3.8, 4) is 0 Å². The van der Waals surface area contributed by atoms with Gasteiger partial charge in [-0.2, -0.15) is 0 Å². The van der Waals surface area contributed by atoms with Gasteiger partial charge >= 0.3 is 0 Å². The Kier molecular flexibility index (Phi) is 2.11. The summed E-state index contributed by atoms with van der Waals surface area (Å²) in [6, 6.07) is 1.52. The molecule has 56 valence electrons. The third-order valence-electron chi connectivity index (χ3n) is 1.41. The Balaban J connectivity index is 3.22. The lowest BCUT2D eigenvalue weighted by Gasteiger charge is -1.95. The van der Waals surface area contributed by atoms with Gasteiger partial charge < -0.3 is 0 Å². The fourth-order valence-electron chi connectivity index (χ4n) is 0.751. The third-order valence-corrected chi connectivity index (χ3v) is 1.41. The zero-order valence-corrected chi connectivity index (χ0v) is 6.07. The van der Waals surface area contributed by atoms with Crippen LogP contribution in [0.5, 0.6) is 0 Å². The molecule has 3 heteroatoms. The van der Waals surface area contributed by atoms with Crippen molar-refractivity contribution in [2.24, 2.45) is 0 Å². The SMILES string of the molecule is Cc1ncc(C=O)cc1C=O. The first kappa shape index (κ1) is 7.60. The molecule has 1 aromatic heterocycles. The normalized spacial score (nSPS) is 9.18. The number of nitrogens with zero attached hydrogens (tertiary/aromatic N) is 1. The summed E-state index contributed by atoms with van der Waals surface area (Å²) in [5.74, 6) is 0. The Morgan fingerprint density at radius 1 is 1.36 bits per heavy atom. The highest BCUT2D eigenvalue weighted by Crippen LogP contribution is 2.02. The number of rotatable bonds is 2. The highest BCUT2D eigenvalue weighted by molar-refractivity contribution is 5.82. The van der Waals surface area contributed by atoms with Crippen molar-refractivity contribution in [3.05, 3.63) is 29.1 Å². The summed E-state index contributed by atoms with van der Waals surface area (Å²) in [4.78, 5) is 24.4. The van der Waals surface area contributed by atoms with E-state index >= 15 is 0 Å². The lowest BCUT2D eigenvalue weighted by Crippen LogP contribution is -1.92. The van der Waals surface area contributed by atoms with Crippen LogP contribution in [-0.2, 0) is 0 Å². The molecule has 0 unspecified atom stereocenters. The van der Waals surface area contributed by atoms with Crippen LogP contribution in [0, 0.1) is 6.92 Å². The maximum Gasteiger partial charge on any atom is 0.151 e. The zero-order chi connectivity index (χ0) is 8.27. The summed E-state index contributed by atoms with van der Waals surface area (Å²) in [5.41, 5.74) is 1.54. The molecule has 0 N–H and O–H groups in total. The molecule has 0 radical (unpaired) electrons. The predicted octanol–water partition coefficient (Wildman–Crippen LogP) is 1.02. The number of pyridine rings is 1. The second-order valence-corrected chi connectivity index (χ2v) is 2.18. The quantitative estimate of drug-likeness (QED) is 0.589. The molecule has 11 heavy (non-hydrogen) atoms. The van der Waals surface area contributed by atoms with Crippen LogP contribution < -0.4 is 0 Å². The summed E-state index contributed by atoms with van der Waals surface area (Å²) in [6.45, 7) is 1.72. The molecule has 1 aromatic rings. The van der Waals surface area contributed by atoms with Crippen LogP contribution in [0.25, 0.3) is 0 Å². The summed E-state index contributed by atoms with van der Waals surface area (Å²) in [5, 5.41) is 0. The fourth-order valence-corrected chi connectivity index (χ4v) is 0.751. The Bertz CT molecular complexity index is 294. The smallest absolute Gasteiger partial charge is 0.151 e. The van der Waals surface area contributed by atoms with E-state index in [4.69, 9.17) is 0 Å². The van der Waals surface area contributed by atoms with Crippen LogP contribution in [0.4, 0.5) is 0 Å². The number of aldehydes is 2. The van der Waals surface area contributed by atoms with Gasteiger partial charge in [-0.1, -0.05) is 0 Å². The van der Waals surface area contributed by atoms with Crippen molar-refractivity contribution < 1.29 is 9.59 Å². The van der Waals surface area contributed by atoms with Crippen LogP contribution in [0.1, 0.15) is 26.4 Å². The van der Waals surface area contributed by atoms with Gasteiger partial charge in [0.05, 0.1) is 0 Å². The van der Waals surface area contributed by atoms with E-state index in [9.17, 15) is 9.59 Å². The molecule has 1 heterocycles. The molecule has 0 amide bonds. The van der Waals surface area contributed by atoms with Crippen LogP contribution in [0.15, 0.2) is 12.3 Å². The summed E-state index contributed by atoms with van der Waals surface area (Å²) in [7, 11) is 0. The van der Waals surface area contributed by atoms with Gasteiger partial charge in [0, 0.05) is 23.0 Å². The lowest BCUT2D eigenvalue weighted by atomic mass is 10.2. The Morgan fingerprint density at radius 3 is 2.64 bits per heavy atom. The molecule has 0 aliphatic heterocycles. The van der Waals surface area contributed by atoms with Crippen LogP contribution in [0.3, 0.4) is 0 Å². The average Bonchev–Trinajstić information content (AvgIpc) is 2.05. The second kappa shape index (κ2) is 3.05. The van der Waals surface area contributed by atoms with Crippen molar-refractivity contribution in [2.75, 3.05) is 0 Å². The van der Waals surface area contributed by atoms with Gasteiger partial charge in [0.15, 0.2) is 12.6 Å². The minimum absolute atomic E-state index is 0.428. The topological polar surface area (TPSA) is 47.0 Å². The minimum atomic E-state index is 0.428. The molecule has 0 atom stereocenters. The van der Waals surface area contributed by atoms with E-state index in [1.165, 1.54) is 12.3 Å². The van der Waals surface area contributed by atoms with E-state index in [0.29, 0.717) is 29.4 Å². The van der Waals surface area contributed by atoms with Gasteiger partial charge in [-0.05, 0) is 13.0 Å². The number of hydrogen-bond donors (Lipinski definition) is 0. The van der Waals surface area contributed by atoms with Crippen LogP contribution in [0.2, 0.25) is 0 Å². The fraction of sp³-hybridized carbons (Fsp3) is 0.125. The van der Waals surface area contributed by atoms with Gasteiger partial charge in [-0.15, -0.1) is 0 Å². The molecule has 0 saturated carbocycles. The van der Waals surface area contributed by atoms with Gasteiger partial charge in [0.1, 0.15) is 0 Å². The summed E-state index contributed by atoms with van der Waals surface area (Å²) in [6.07, 6.45) is 2.80. The largest absolute Gasteiger partial charge is 0.298 e. The Hall–Kier alpha value is -1.51. The van der Waals surface area contributed by atoms with E-state index in [1.807, 2.05) is 0 Å². The first-order valence-electron chi connectivity index (χ1n) is 3.15. The molecule has 0 fully saturated rings. The monoisotopic (exact) mass is 149 g/mol. The number of aromatic nitrogens is 1. The van der Waals surface area contributed by atoms with Crippen molar-refractivity contribution in [3.63, 3.8) is 0 Å².